The number of ether oxygens (including phenoxy) is 1. The van der Waals surface area contributed by atoms with Crippen LogP contribution in [0.15, 0.2) is 36.5 Å². The van der Waals surface area contributed by atoms with Crippen molar-refractivity contribution in [2.75, 3.05) is 7.11 Å². The number of hydrogen-bond donors (Lipinski definition) is 1. The molecule has 6 heteroatoms. The Labute approximate surface area is 129 Å². The van der Waals surface area contributed by atoms with Crippen molar-refractivity contribution in [2.45, 2.75) is 26.3 Å². The first kappa shape index (κ1) is 15.8. The first-order valence-corrected chi connectivity index (χ1v) is 6.87. The minimum Gasteiger partial charge on any atom is -0.467 e. The summed E-state index contributed by atoms with van der Waals surface area (Å²) in [4.78, 5) is 23.8. The van der Waals surface area contributed by atoms with E-state index in [9.17, 15) is 9.59 Å². The van der Waals surface area contributed by atoms with E-state index in [1.807, 2.05) is 13.0 Å². The molecule has 0 atom stereocenters. The fourth-order valence-electron chi connectivity index (χ4n) is 2.06. The van der Waals surface area contributed by atoms with E-state index in [-0.39, 0.29) is 5.91 Å². The molecule has 22 heavy (non-hydrogen) atoms. The van der Waals surface area contributed by atoms with E-state index in [1.165, 1.54) is 7.11 Å². The smallest absolute Gasteiger partial charge is 0.330 e. The highest BCUT2D eigenvalue weighted by molar-refractivity contribution is 5.98. The highest BCUT2D eigenvalue weighted by atomic mass is 16.5. The second kappa shape index (κ2) is 6.01. The number of benzene rings is 1. The van der Waals surface area contributed by atoms with E-state index in [2.05, 4.69) is 15.2 Å². The van der Waals surface area contributed by atoms with E-state index in [0.29, 0.717) is 5.56 Å². The molecule has 0 aliphatic heterocycles. The molecule has 6 nitrogen and oxygen atoms in total. The molecule has 0 bridgehead atoms. The Kier molecular flexibility index (Phi) is 4.30. The summed E-state index contributed by atoms with van der Waals surface area (Å²) in [5.74, 6) is -0.830. The quantitative estimate of drug-likeness (QED) is 0.875. The fraction of sp³-hybridized carbons (Fsp3) is 0.312. The van der Waals surface area contributed by atoms with Gasteiger partial charge in [-0.25, -0.2) is 9.48 Å². The van der Waals surface area contributed by atoms with Crippen LogP contribution in [0.3, 0.4) is 0 Å². The van der Waals surface area contributed by atoms with Gasteiger partial charge in [0.2, 0.25) is 0 Å². The summed E-state index contributed by atoms with van der Waals surface area (Å²) in [6, 6.07) is 8.90. The van der Waals surface area contributed by atoms with Crippen molar-refractivity contribution in [2.24, 2.45) is 0 Å². The van der Waals surface area contributed by atoms with E-state index in [1.54, 1.807) is 49.0 Å². The zero-order chi connectivity index (χ0) is 16.3. The summed E-state index contributed by atoms with van der Waals surface area (Å²) in [5.41, 5.74) is 1.25. The number of carbonyl (C=O) groups excluding carboxylic acids is 2. The maximum atomic E-state index is 12.2. The normalized spacial score (nSPS) is 11.1. The molecule has 1 aromatic heterocycles. The van der Waals surface area contributed by atoms with Crippen LogP contribution in [-0.4, -0.2) is 34.3 Å². The SMILES string of the molecule is COC(=O)C(C)(C)NC(=O)c1ccc(-n2nccc2C)cc1. The molecule has 1 N–H and O–H groups in total. The molecule has 0 spiro atoms. The number of esters is 1. The van der Waals surface area contributed by atoms with Gasteiger partial charge in [-0.05, 0) is 51.1 Å². The molecule has 0 aliphatic rings. The number of nitrogens with zero attached hydrogens (tertiary/aromatic N) is 2. The van der Waals surface area contributed by atoms with Crippen molar-refractivity contribution < 1.29 is 14.3 Å². The van der Waals surface area contributed by atoms with Crippen molar-refractivity contribution >= 4 is 11.9 Å². The van der Waals surface area contributed by atoms with Gasteiger partial charge in [0.1, 0.15) is 5.54 Å². The van der Waals surface area contributed by atoms with Crippen molar-refractivity contribution in [3.05, 3.63) is 47.8 Å². The molecule has 1 amide bonds. The summed E-state index contributed by atoms with van der Waals surface area (Å²) in [5, 5.41) is 6.86. The predicted molar refractivity (Wildman–Crippen MR) is 81.9 cm³/mol. The second-order valence-electron chi connectivity index (χ2n) is 5.50. The summed E-state index contributed by atoms with van der Waals surface area (Å²) in [6.45, 7) is 5.14. The highest BCUT2D eigenvalue weighted by Crippen LogP contribution is 2.13. The van der Waals surface area contributed by atoms with E-state index in [4.69, 9.17) is 0 Å². The minimum atomic E-state index is -1.08. The van der Waals surface area contributed by atoms with Gasteiger partial charge >= 0.3 is 5.97 Å². The maximum absolute atomic E-state index is 12.2. The van der Waals surface area contributed by atoms with Gasteiger partial charge in [-0.15, -0.1) is 0 Å². The average molecular weight is 301 g/mol. The Morgan fingerprint density at radius 1 is 1.18 bits per heavy atom. The Bertz CT molecular complexity index is 687. The zero-order valence-corrected chi connectivity index (χ0v) is 13.1. The topological polar surface area (TPSA) is 73.2 Å². The Hall–Kier alpha value is -2.63. The van der Waals surface area contributed by atoms with Gasteiger partial charge < -0.3 is 10.1 Å². The number of aromatic nitrogens is 2. The first-order valence-electron chi connectivity index (χ1n) is 6.87. The van der Waals surface area contributed by atoms with Gasteiger partial charge in [-0.2, -0.15) is 5.10 Å². The maximum Gasteiger partial charge on any atom is 0.330 e. The van der Waals surface area contributed by atoms with Gasteiger partial charge in [0.05, 0.1) is 12.8 Å². The van der Waals surface area contributed by atoms with Crippen LogP contribution in [-0.2, 0) is 9.53 Å². The van der Waals surface area contributed by atoms with Gasteiger partial charge in [-0.1, -0.05) is 0 Å². The number of amides is 1. The van der Waals surface area contributed by atoms with Gasteiger partial charge in [0, 0.05) is 17.5 Å². The molecule has 116 valence electrons. The van der Waals surface area contributed by atoms with E-state index in [0.717, 1.165) is 11.4 Å². The average Bonchev–Trinajstić information content (AvgIpc) is 2.92. The van der Waals surface area contributed by atoms with Crippen LogP contribution in [0, 0.1) is 6.92 Å². The molecule has 1 heterocycles. The lowest BCUT2D eigenvalue weighted by atomic mass is 10.0. The number of aryl methyl sites for hydroxylation is 1. The van der Waals surface area contributed by atoms with E-state index >= 15 is 0 Å². The van der Waals surface area contributed by atoms with Crippen LogP contribution >= 0.6 is 0 Å². The Morgan fingerprint density at radius 3 is 2.32 bits per heavy atom. The molecular weight excluding hydrogens is 282 g/mol. The van der Waals surface area contributed by atoms with Crippen molar-refractivity contribution in [3.8, 4) is 5.69 Å². The number of nitrogens with one attached hydrogen (secondary N) is 1. The summed E-state index contributed by atoms with van der Waals surface area (Å²) in [6.07, 6.45) is 1.72. The Morgan fingerprint density at radius 2 is 1.82 bits per heavy atom. The largest absolute Gasteiger partial charge is 0.467 e. The van der Waals surface area contributed by atoms with Crippen molar-refractivity contribution in [1.82, 2.24) is 15.1 Å². The van der Waals surface area contributed by atoms with Gasteiger partial charge in [0.15, 0.2) is 0 Å². The van der Waals surface area contributed by atoms with Crippen molar-refractivity contribution in [3.63, 3.8) is 0 Å². The fourth-order valence-corrected chi connectivity index (χ4v) is 2.06. The lowest BCUT2D eigenvalue weighted by Gasteiger charge is -2.23. The van der Waals surface area contributed by atoms with Crippen LogP contribution in [0.25, 0.3) is 5.69 Å². The lowest BCUT2D eigenvalue weighted by molar-refractivity contribution is -0.146. The van der Waals surface area contributed by atoms with Crippen LogP contribution in [0.4, 0.5) is 0 Å². The lowest BCUT2D eigenvalue weighted by Crippen LogP contribution is -2.50. The summed E-state index contributed by atoms with van der Waals surface area (Å²) in [7, 11) is 1.29. The molecule has 0 aliphatic carbocycles. The number of hydrogen-bond acceptors (Lipinski definition) is 4. The standard InChI is InChI=1S/C16H19N3O3/c1-11-9-10-17-19(11)13-7-5-12(6-8-13)14(20)18-16(2,3)15(21)22-4/h5-10H,1-4H3,(H,18,20). The van der Waals surface area contributed by atoms with Crippen LogP contribution in [0.5, 0.6) is 0 Å². The molecule has 2 rings (SSSR count). The predicted octanol–water partition coefficient (Wildman–Crippen LogP) is 1.86. The third kappa shape index (κ3) is 3.16. The highest BCUT2D eigenvalue weighted by Gasteiger charge is 2.30. The summed E-state index contributed by atoms with van der Waals surface area (Å²) < 4.78 is 6.45. The first-order chi connectivity index (χ1) is 10.3. The van der Waals surface area contributed by atoms with Gasteiger partial charge in [-0.3, -0.25) is 4.79 Å². The van der Waals surface area contributed by atoms with E-state index < -0.39 is 11.5 Å². The minimum absolute atomic E-state index is 0.334. The molecule has 0 saturated carbocycles. The molecule has 1 aromatic carbocycles. The molecule has 0 fully saturated rings. The number of rotatable bonds is 4. The molecular formula is C16H19N3O3. The zero-order valence-electron chi connectivity index (χ0n) is 13.1. The van der Waals surface area contributed by atoms with Crippen LogP contribution in [0.2, 0.25) is 0 Å². The second-order valence-corrected chi connectivity index (χ2v) is 5.50. The van der Waals surface area contributed by atoms with Crippen LogP contribution < -0.4 is 5.32 Å². The third-order valence-electron chi connectivity index (χ3n) is 3.33. The molecule has 0 saturated heterocycles. The van der Waals surface area contributed by atoms with Crippen LogP contribution in [0.1, 0.15) is 29.9 Å². The number of carbonyl (C=O) groups is 2. The molecule has 0 radical (unpaired) electrons. The third-order valence-corrected chi connectivity index (χ3v) is 3.33. The Balaban J connectivity index is 2.15. The molecule has 2 aromatic rings. The number of methoxy groups -OCH3 is 1. The van der Waals surface area contributed by atoms with Crippen molar-refractivity contribution in [1.29, 1.82) is 0 Å². The monoisotopic (exact) mass is 301 g/mol. The van der Waals surface area contributed by atoms with Gasteiger partial charge in [0.25, 0.3) is 5.91 Å². The molecule has 0 unspecified atom stereocenters. The summed E-state index contributed by atoms with van der Waals surface area (Å²) >= 11 is 0.